The summed E-state index contributed by atoms with van der Waals surface area (Å²) in [4.78, 5) is 6.96. The number of aliphatic imine (C=N–C) groups is 1. The number of rotatable bonds is 2. The van der Waals surface area contributed by atoms with Crippen molar-refractivity contribution in [2.24, 2.45) is 10.7 Å². The normalized spacial score (nSPS) is 27.1. The van der Waals surface area contributed by atoms with E-state index in [9.17, 15) is 0 Å². The van der Waals surface area contributed by atoms with Crippen LogP contribution in [0.2, 0.25) is 0 Å². The number of guanidine groups is 1. The van der Waals surface area contributed by atoms with Gasteiger partial charge in [-0.15, -0.1) is 0 Å². The van der Waals surface area contributed by atoms with Crippen molar-refractivity contribution in [3.8, 4) is 0 Å². The summed E-state index contributed by atoms with van der Waals surface area (Å²) in [6.45, 7) is 7.41. The maximum absolute atomic E-state index is 6.22. The molecule has 0 radical (unpaired) electrons. The monoisotopic (exact) mass is 271 g/mol. The topological polar surface area (TPSA) is 41.6 Å². The zero-order valence-electron chi connectivity index (χ0n) is 12.8. The summed E-state index contributed by atoms with van der Waals surface area (Å²) in [5, 5.41) is 0. The Labute approximate surface area is 121 Å². The molecule has 1 heterocycles. The van der Waals surface area contributed by atoms with Gasteiger partial charge in [0.1, 0.15) is 0 Å². The second-order valence-corrected chi connectivity index (χ2v) is 6.56. The SMILES string of the molecule is Cc1ccc(C2(C)CN=C(N)N2C2CCCC2)cc1C. The van der Waals surface area contributed by atoms with Gasteiger partial charge in [0.05, 0.1) is 12.1 Å². The number of hydrogen-bond donors (Lipinski definition) is 1. The van der Waals surface area contributed by atoms with Gasteiger partial charge in [-0.25, -0.2) is 0 Å². The molecule has 1 aliphatic carbocycles. The molecule has 3 heteroatoms. The molecule has 1 aliphatic heterocycles. The van der Waals surface area contributed by atoms with Crippen LogP contribution in [0.15, 0.2) is 23.2 Å². The molecule has 0 aromatic heterocycles. The standard InChI is InChI=1S/C17H25N3/c1-12-8-9-14(10-13(12)2)17(3)11-19-16(18)20(17)15-6-4-5-7-15/h8-10,15H,4-7,11H2,1-3H3,(H2,18,19). The van der Waals surface area contributed by atoms with Crippen LogP contribution >= 0.6 is 0 Å². The van der Waals surface area contributed by atoms with E-state index < -0.39 is 0 Å². The third-order valence-electron chi connectivity index (χ3n) is 5.15. The van der Waals surface area contributed by atoms with Gasteiger partial charge < -0.3 is 10.6 Å². The summed E-state index contributed by atoms with van der Waals surface area (Å²) in [6, 6.07) is 7.34. The van der Waals surface area contributed by atoms with Crippen LogP contribution in [0, 0.1) is 13.8 Å². The molecule has 2 N–H and O–H groups in total. The van der Waals surface area contributed by atoms with Crippen molar-refractivity contribution in [2.75, 3.05) is 6.54 Å². The maximum atomic E-state index is 6.22. The van der Waals surface area contributed by atoms with E-state index >= 15 is 0 Å². The fraction of sp³-hybridized carbons (Fsp3) is 0.588. The second-order valence-electron chi connectivity index (χ2n) is 6.56. The molecular weight excluding hydrogens is 246 g/mol. The van der Waals surface area contributed by atoms with Crippen LogP contribution < -0.4 is 5.73 Å². The first-order chi connectivity index (χ1) is 9.52. The van der Waals surface area contributed by atoms with Crippen molar-refractivity contribution in [3.63, 3.8) is 0 Å². The Kier molecular flexibility index (Phi) is 3.23. The molecule has 0 spiro atoms. The number of aryl methyl sites for hydroxylation is 2. The third-order valence-corrected chi connectivity index (χ3v) is 5.15. The Morgan fingerprint density at radius 2 is 1.90 bits per heavy atom. The fourth-order valence-electron chi connectivity index (χ4n) is 3.70. The fourth-order valence-corrected chi connectivity index (χ4v) is 3.70. The second kappa shape index (κ2) is 4.80. The van der Waals surface area contributed by atoms with Crippen LogP contribution in [0.1, 0.15) is 49.3 Å². The average molecular weight is 271 g/mol. The van der Waals surface area contributed by atoms with Gasteiger partial charge in [-0.1, -0.05) is 31.0 Å². The van der Waals surface area contributed by atoms with E-state index in [0.717, 1.165) is 12.5 Å². The van der Waals surface area contributed by atoms with Gasteiger partial charge in [-0.05, 0) is 50.3 Å². The first-order valence-electron chi connectivity index (χ1n) is 7.69. The number of nitrogens with two attached hydrogens (primary N) is 1. The van der Waals surface area contributed by atoms with E-state index in [1.54, 1.807) is 0 Å². The number of nitrogens with zero attached hydrogens (tertiary/aromatic N) is 2. The summed E-state index contributed by atoms with van der Waals surface area (Å²) in [5.41, 5.74) is 10.2. The minimum atomic E-state index is -0.0719. The highest BCUT2D eigenvalue weighted by atomic mass is 15.4. The molecule has 1 atom stereocenters. The lowest BCUT2D eigenvalue weighted by atomic mass is 9.87. The van der Waals surface area contributed by atoms with Crippen molar-refractivity contribution in [1.82, 2.24) is 4.90 Å². The van der Waals surface area contributed by atoms with Gasteiger partial charge in [0.15, 0.2) is 5.96 Å². The van der Waals surface area contributed by atoms with Crippen LogP contribution in [0.4, 0.5) is 0 Å². The first kappa shape index (κ1) is 13.5. The highest BCUT2D eigenvalue weighted by Crippen LogP contribution is 2.39. The quantitative estimate of drug-likeness (QED) is 0.898. The van der Waals surface area contributed by atoms with Crippen LogP contribution in [-0.4, -0.2) is 23.4 Å². The number of benzene rings is 1. The highest BCUT2D eigenvalue weighted by Gasteiger charge is 2.43. The van der Waals surface area contributed by atoms with Crippen molar-refractivity contribution in [2.45, 2.75) is 58.0 Å². The van der Waals surface area contributed by atoms with Gasteiger partial charge in [-0.3, -0.25) is 4.99 Å². The van der Waals surface area contributed by atoms with E-state index in [2.05, 4.69) is 48.9 Å². The van der Waals surface area contributed by atoms with Crippen LogP contribution in [-0.2, 0) is 5.54 Å². The molecule has 0 bridgehead atoms. The number of hydrogen-bond acceptors (Lipinski definition) is 3. The van der Waals surface area contributed by atoms with Gasteiger partial charge in [0, 0.05) is 6.04 Å². The lowest BCUT2D eigenvalue weighted by molar-refractivity contribution is 0.167. The zero-order chi connectivity index (χ0) is 14.3. The summed E-state index contributed by atoms with van der Waals surface area (Å²) in [6.07, 6.45) is 5.13. The Hall–Kier alpha value is -1.51. The molecule has 0 saturated heterocycles. The molecule has 2 aliphatic rings. The van der Waals surface area contributed by atoms with Gasteiger partial charge in [0.2, 0.25) is 0 Å². The zero-order valence-corrected chi connectivity index (χ0v) is 12.8. The van der Waals surface area contributed by atoms with E-state index in [4.69, 9.17) is 5.73 Å². The lowest BCUT2D eigenvalue weighted by Gasteiger charge is -2.41. The minimum absolute atomic E-state index is 0.0719. The summed E-state index contributed by atoms with van der Waals surface area (Å²) in [7, 11) is 0. The van der Waals surface area contributed by atoms with E-state index in [1.165, 1.54) is 42.4 Å². The lowest BCUT2D eigenvalue weighted by Crippen LogP contribution is -2.52. The molecular formula is C17H25N3. The molecule has 108 valence electrons. The Morgan fingerprint density at radius 1 is 1.20 bits per heavy atom. The van der Waals surface area contributed by atoms with E-state index in [-0.39, 0.29) is 5.54 Å². The minimum Gasteiger partial charge on any atom is -0.370 e. The molecule has 3 rings (SSSR count). The van der Waals surface area contributed by atoms with Crippen LogP contribution in [0.3, 0.4) is 0 Å². The van der Waals surface area contributed by atoms with Crippen LogP contribution in [0.5, 0.6) is 0 Å². The maximum Gasteiger partial charge on any atom is 0.192 e. The molecule has 0 amide bonds. The largest absolute Gasteiger partial charge is 0.370 e. The average Bonchev–Trinajstić information content (AvgIpc) is 3.02. The Bertz CT molecular complexity index is 543. The van der Waals surface area contributed by atoms with E-state index in [1.807, 2.05) is 0 Å². The summed E-state index contributed by atoms with van der Waals surface area (Å²) >= 11 is 0. The van der Waals surface area contributed by atoms with Crippen molar-refractivity contribution in [1.29, 1.82) is 0 Å². The van der Waals surface area contributed by atoms with Gasteiger partial charge >= 0.3 is 0 Å². The molecule has 1 saturated carbocycles. The third kappa shape index (κ3) is 2.00. The summed E-state index contributed by atoms with van der Waals surface area (Å²) in [5.74, 6) is 0.734. The molecule has 1 aromatic rings. The van der Waals surface area contributed by atoms with Gasteiger partial charge in [0.25, 0.3) is 0 Å². The molecule has 1 unspecified atom stereocenters. The predicted molar refractivity (Wildman–Crippen MR) is 83.9 cm³/mol. The first-order valence-corrected chi connectivity index (χ1v) is 7.69. The molecule has 1 aromatic carbocycles. The molecule has 1 fully saturated rings. The van der Waals surface area contributed by atoms with Crippen LogP contribution in [0.25, 0.3) is 0 Å². The van der Waals surface area contributed by atoms with Crippen molar-refractivity contribution < 1.29 is 0 Å². The predicted octanol–water partition coefficient (Wildman–Crippen LogP) is 3.09. The Morgan fingerprint density at radius 3 is 2.55 bits per heavy atom. The van der Waals surface area contributed by atoms with Crippen molar-refractivity contribution >= 4 is 5.96 Å². The summed E-state index contributed by atoms with van der Waals surface area (Å²) < 4.78 is 0. The molecule has 3 nitrogen and oxygen atoms in total. The molecule has 20 heavy (non-hydrogen) atoms. The Balaban J connectivity index is 1.98. The van der Waals surface area contributed by atoms with Crippen molar-refractivity contribution in [3.05, 3.63) is 34.9 Å². The van der Waals surface area contributed by atoms with Gasteiger partial charge in [-0.2, -0.15) is 0 Å². The smallest absolute Gasteiger partial charge is 0.192 e. The van der Waals surface area contributed by atoms with E-state index in [0.29, 0.717) is 6.04 Å². The highest BCUT2D eigenvalue weighted by molar-refractivity contribution is 5.81.